The predicted octanol–water partition coefficient (Wildman–Crippen LogP) is 3.22. The van der Waals surface area contributed by atoms with Crippen molar-refractivity contribution in [3.8, 4) is 0 Å². The molecule has 1 amide bonds. The summed E-state index contributed by atoms with van der Waals surface area (Å²) in [5.41, 5.74) is 1.86. The van der Waals surface area contributed by atoms with Crippen LogP contribution in [0.1, 0.15) is 17.0 Å². The number of amides is 1. The average molecular weight is 375 g/mol. The molecule has 0 bridgehead atoms. The highest BCUT2D eigenvalue weighted by Crippen LogP contribution is 2.26. The lowest BCUT2D eigenvalue weighted by Gasteiger charge is -2.17. The van der Waals surface area contributed by atoms with Crippen molar-refractivity contribution < 1.29 is 4.79 Å². The first-order chi connectivity index (χ1) is 13.6. The van der Waals surface area contributed by atoms with Crippen molar-refractivity contribution in [3.63, 3.8) is 0 Å². The van der Waals surface area contributed by atoms with Crippen molar-refractivity contribution in [3.05, 3.63) is 83.9 Å². The molecule has 2 aromatic carbocycles. The van der Waals surface area contributed by atoms with Crippen LogP contribution in [0.25, 0.3) is 0 Å². The molecule has 0 spiro atoms. The predicted molar refractivity (Wildman–Crippen MR) is 112 cm³/mol. The Balaban J connectivity index is 1.72. The van der Waals surface area contributed by atoms with Gasteiger partial charge in [-0.25, -0.2) is 0 Å². The topological polar surface area (TPSA) is 70.2 Å². The Morgan fingerprint density at radius 1 is 0.857 bits per heavy atom. The molecule has 3 rings (SSSR count). The Bertz CT molecular complexity index is 827. The third kappa shape index (κ3) is 5.37. The Morgan fingerprint density at radius 3 is 1.89 bits per heavy atom. The fourth-order valence-electron chi connectivity index (χ4n) is 2.89. The molecule has 0 radical (unpaired) electrons. The van der Waals surface area contributed by atoms with Crippen LogP contribution in [0.2, 0.25) is 0 Å². The van der Waals surface area contributed by atoms with Gasteiger partial charge in [0.05, 0.1) is 5.92 Å². The molecule has 2 N–H and O–H groups in total. The summed E-state index contributed by atoms with van der Waals surface area (Å²) in [4.78, 5) is 15.1. The number of likely N-dealkylation sites (N-methyl/N-ethyl adjacent to an activating group) is 1. The Hall–Kier alpha value is -3.25. The van der Waals surface area contributed by atoms with Crippen molar-refractivity contribution in [1.82, 2.24) is 15.1 Å². The van der Waals surface area contributed by atoms with Gasteiger partial charge in [0.15, 0.2) is 5.82 Å². The minimum Gasteiger partial charge on any atom is -0.367 e. The number of nitrogens with one attached hydrogen (secondary N) is 2. The second kappa shape index (κ2) is 9.62. The second-order valence-electron chi connectivity index (χ2n) is 6.78. The van der Waals surface area contributed by atoms with Crippen LogP contribution in [-0.4, -0.2) is 48.2 Å². The number of benzene rings is 2. The van der Waals surface area contributed by atoms with Gasteiger partial charge >= 0.3 is 0 Å². The number of nitrogens with zero attached hydrogens (tertiary/aromatic N) is 3. The Kier molecular flexibility index (Phi) is 6.70. The second-order valence-corrected chi connectivity index (χ2v) is 6.78. The van der Waals surface area contributed by atoms with Gasteiger partial charge in [-0.15, -0.1) is 10.2 Å². The summed E-state index contributed by atoms with van der Waals surface area (Å²) >= 11 is 0. The lowest BCUT2D eigenvalue weighted by atomic mass is 9.90. The molecule has 6 nitrogen and oxygen atoms in total. The minimum absolute atomic E-state index is 0.139. The summed E-state index contributed by atoms with van der Waals surface area (Å²) in [6, 6.07) is 23.0. The van der Waals surface area contributed by atoms with Crippen molar-refractivity contribution in [2.45, 2.75) is 5.92 Å². The number of carbonyl (C=O) groups is 1. The number of rotatable bonds is 8. The lowest BCUT2D eigenvalue weighted by Crippen LogP contribution is -2.23. The van der Waals surface area contributed by atoms with Gasteiger partial charge < -0.3 is 15.5 Å². The van der Waals surface area contributed by atoms with Crippen LogP contribution in [0.3, 0.4) is 0 Å². The Labute approximate surface area is 165 Å². The van der Waals surface area contributed by atoms with Gasteiger partial charge in [-0.1, -0.05) is 60.7 Å². The van der Waals surface area contributed by atoms with E-state index in [-0.39, 0.29) is 5.91 Å². The fraction of sp³-hybridized carbons (Fsp3) is 0.227. The summed E-state index contributed by atoms with van der Waals surface area (Å²) in [5.74, 6) is 0.560. The molecule has 0 atom stereocenters. The van der Waals surface area contributed by atoms with E-state index >= 15 is 0 Å². The minimum atomic E-state index is -0.415. The molecule has 144 valence electrons. The van der Waals surface area contributed by atoms with E-state index in [1.165, 1.54) is 0 Å². The zero-order chi connectivity index (χ0) is 19.8. The summed E-state index contributed by atoms with van der Waals surface area (Å²) in [7, 11) is 4.03. The number of aromatic nitrogens is 2. The molecule has 0 saturated carbocycles. The van der Waals surface area contributed by atoms with Gasteiger partial charge in [0.1, 0.15) is 5.82 Å². The van der Waals surface area contributed by atoms with E-state index in [4.69, 9.17) is 0 Å². The van der Waals surface area contributed by atoms with E-state index < -0.39 is 5.92 Å². The van der Waals surface area contributed by atoms with E-state index in [1.807, 2.05) is 80.8 Å². The lowest BCUT2D eigenvalue weighted by molar-refractivity contribution is -0.116. The average Bonchev–Trinajstić information content (AvgIpc) is 2.71. The molecule has 0 saturated heterocycles. The molecule has 3 aromatic rings. The standard InChI is InChI=1S/C22H25N5O/c1-27(2)16-15-23-19-13-14-20(26-25-19)24-22(28)21(17-9-5-3-6-10-17)18-11-7-4-8-12-18/h3-14,21H,15-16H2,1-2H3,(H,23,25)(H,24,26,28). The van der Waals surface area contributed by atoms with Gasteiger partial charge in [-0.3, -0.25) is 4.79 Å². The molecule has 28 heavy (non-hydrogen) atoms. The monoisotopic (exact) mass is 375 g/mol. The fourth-order valence-corrected chi connectivity index (χ4v) is 2.89. The molecule has 1 heterocycles. The largest absolute Gasteiger partial charge is 0.367 e. The van der Waals surface area contributed by atoms with E-state index in [0.717, 1.165) is 24.2 Å². The molecular formula is C22H25N5O. The van der Waals surface area contributed by atoms with Crippen molar-refractivity contribution >= 4 is 17.5 Å². The maximum absolute atomic E-state index is 13.0. The van der Waals surface area contributed by atoms with Crippen LogP contribution in [0, 0.1) is 0 Å². The van der Waals surface area contributed by atoms with Crippen molar-refractivity contribution in [2.75, 3.05) is 37.8 Å². The molecule has 1 aromatic heterocycles. The first kappa shape index (κ1) is 19.5. The quantitative estimate of drug-likeness (QED) is 0.633. The molecular weight excluding hydrogens is 350 g/mol. The van der Waals surface area contributed by atoms with Gasteiger partial charge in [0.2, 0.25) is 5.91 Å². The summed E-state index contributed by atoms with van der Waals surface area (Å²) in [5, 5.41) is 14.4. The Morgan fingerprint density at radius 2 is 1.39 bits per heavy atom. The van der Waals surface area contributed by atoms with Crippen LogP contribution in [0.4, 0.5) is 11.6 Å². The summed E-state index contributed by atoms with van der Waals surface area (Å²) in [6.45, 7) is 1.67. The molecule has 0 aliphatic rings. The van der Waals surface area contributed by atoms with Gasteiger partial charge in [0.25, 0.3) is 0 Å². The van der Waals surface area contributed by atoms with Crippen molar-refractivity contribution in [2.24, 2.45) is 0 Å². The highest BCUT2D eigenvalue weighted by molar-refractivity contribution is 5.97. The molecule has 0 aliphatic heterocycles. The van der Waals surface area contributed by atoms with Crippen LogP contribution in [0.5, 0.6) is 0 Å². The van der Waals surface area contributed by atoms with E-state index in [9.17, 15) is 4.79 Å². The van der Waals surface area contributed by atoms with Crippen LogP contribution in [-0.2, 0) is 4.79 Å². The van der Waals surface area contributed by atoms with E-state index in [0.29, 0.717) is 11.6 Å². The zero-order valence-electron chi connectivity index (χ0n) is 16.2. The summed E-state index contributed by atoms with van der Waals surface area (Å²) in [6.07, 6.45) is 0. The smallest absolute Gasteiger partial charge is 0.237 e. The maximum Gasteiger partial charge on any atom is 0.237 e. The normalized spacial score (nSPS) is 10.9. The first-order valence-corrected chi connectivity index (χ1v) is 9.26. The summed E-state index contributed by atoms with van der Waals surface area (Å²) < 4.78 is 0. The molecule has 0 fully saturated rings. The molecule has 6 heteroatoms. The van der Waals surface area contributed by atoms with Crippen LogP contribution >= 0.6 is 0 Å². The number of anilines is 2. The highest BCUT2D eigenvalue weighted by Gasteiger charge is 2.23. The maximum atomic E-state index is 13.0. The highest BCUT2D eigenvalue weighted by atomic mass is 16.2. The number of carbonyl (C=O) groups excluding carboxylic acids is 1. The van der Waals surface area contributed by atoms with Crippen LogP contribution < -0.4 is 10.6 Å². The van der Waals surface area contributed by atoms with Crippen molar-refractivity contribution in [1.29, 1.82) is 0 Å². The van der Waals surface area contributed by atoms with Gasteiger partial charge in [0, 0.05) is 13.1 Å². The van der Waals surface area contributed by atoms with E-state index in [1.54, 1.807) is 6.07 Å². The zero-order valence-corrected chi connectivity index (χ0v) is 16.2. The van der Waals surface area contributed by atoms with Crippen LogP contribution in [0.15, 0.2) is 72.8 Å². The van der Waals surface area contributed by atoms with E-state index in [2.05, 4.69) is 25.7 Å². The SMILES string of the molecule is CN(C)CCNc1ccc(NC(=O)C(c2ccccc2)c2ccccc2)nn1. The third-order valence-electron chi connectivity index (χ3n) is 4.31. The first-order valence-electron chi connectivity index (χ1n) is 9.26. The number of hydrogen-bond acceptors (Lipinski definition) is 5. The third-order valence-corrected chi connectivity index (χ3v) is 4.31. The number of hydrogen-bond donors (Lipinski definition) is 2. The molecule has 0 aliphatic carbocycles. The van der Waals surface area contributed by atoms with Gasteiger partial charge in [-0.2, -0.15) is 0 Å². The molecule has 0 unspecified atom stereocenters. The van der Waals surface area contributed by atoms with Gasteiger partial charge in [-0.05, 0) is 37.4 Å².